The molecule has 1 atom stereocenters. The normalized spacial score (nSPS) is 24.4. The SMILES string of the molecule is CC1(O)CCCN(CC(=O)c2ccc(Cl)cc2Cl)CC1. The van der Waals surface area contributed by atoms with Gasteiger partial charge >= 0.3 is 0 Å². The quantitative estimate of drug-likeness (QED) is 0.869. The Morgan fingerprint density at radius 1 is 1.35 bits per heavy atom. The molecule has 0 amide bonds. The molecule has 20 heavy (non-hydrogen) atoms. The monoisotopic (exact) mass is 315 g/mol. The Kier molecular flexibility index (Phi) is 5.08. The fourth-order valence-corrected chi connectivity index (χ4v) is 3.00. The van der Waals surface area contributed by atoms with Gasteiger partial charge in [0.1, 0.15) is 0 Å². The summed E-state index contributed by atoms with van der Waals surface area (Å²) in [5, 5.41) is 11.0. The number of ketones is 1. The number of Topliss-reactive ketones (excluding diaryl/α,β-unsaturated/α-hetero) is 1. The smallest absolute Gasteiger partial charge is 0.178 e. The maximum atomic E-state index is 12.3. The minimum atomic E-state index is -0.615. The van der Waals surface area contributed by atoms with Crippen LogP contribution in [0.15, 0.2) is 18.2 Å². The van der Waals surface area contributed by atoms with E-state index in [0.717, 1.165) is 25.9 Å². The van der Waals surface area contributed by atoms with Gasteiger partial charge in [0.2, 0.25) is 0 Å². The summed E-state index contributed by atoms with van der Waals surface area (Å²) in [5.74, 6) is -0.00629. The van der Waals surface area contributed by atoms with E-state index in [1.807, 2.05) is 6.92 Å². The zero-order valence-corrected chi connectivity index (χ0v) is 13.0. The van der Waals surface area contributed by atoms with E-state index in [1.165, 1.54) is 0 Å². The molecule has 1 N–H and O–H groups in total. The largest absolute Gasteiger partial charge is 0.390 e. The summed E-state index contributed by atoms with van der Waals surface area (Å²) in [6, 6.07) is 4.93. The molecule has 1 fully saturated rings. The number of hydrogen-bond donors (Lipinski definition) is 1. The van der Waals surface area contributed by atoms with E-state index in [1.54, 1.807) is 18.2 Å². The molecule has 0 aliphatic carbocycles. The highest BCUT2D eigenvalue weighted by Crippen LogP contribution is 2.24. The third-order valence-electron chi connectivity index (χ3n) is 3.76. The van der Waals surface area contributed by atoms with Gasteiger partial charge in [-0.15, -0.1) is 0 Å². The van der Waals surface area contributed by atoms with Crippen LogP contribution < -0.4 is 0 Å². The first-order valence-electron chi connectivity index (χ1n) is 6.80. The summed E-state index contributed by atoms with van der Waals surface area (Å²) >= 11 is 11.9. The summed E-state index contributed by atoms with van der Waals surface area (Å²) in [7, 11) is 0. The van der Waals surface area contributed by atoms with Gasteiger partial charge in [-0.25, -0.2) is 0 Å². The van der Waals surface area contributed by atoms with Crippen LogP contribution in [0.4, 0.5) is 0 Å². The molecule has 5 heteroatoms. The average molecular weight is 316 g/mol. The second-order valence-corrected chi connectivity index (χ2v) is 6.52. The van der Waals surface area contributed by atoms with E-state index < -0.39 is 5.60 Å². The number of nitrogens with zero attached hydrogens (tertiary/aromatic N) is 1. The minimum absolute atomic E-state index is 0.00629. The number of halogens is 2. The van der Waals surface area contributed by atoms with Crippen LogP contribution in [0.2, 0.25) is 10.0 Å². The van der Waals surface area contributed by atoms with Crippen molar-refractivity contribution in [2.24, 2.45) is 0 Å². The molecule has 0 aromatic heterocycles. The Bertz CT molecular complexity index is 503. The Morgan fingerprint density at radius 2 is 2.10 bits per heavy atom. The molecule has 3 nitrogen and oxygen atoms in total. The van der Waals surface area contributed by atoms with E-state index in [0.29, 0.717) is 28.6 Å². The molecule has 0 radical (unpaired) electrons. The summed E-state index contributed by atoms with van der Waals surface area (Å²) in [5.41, 5.74) is -0.109. The van der Waals surface area contributed by atoms with E-state index in [-0.39, 0.29) is 5.78 Å². The Labute approximate surface area is 129 Å². The van der Waals surface area contributed by atoms with Gasteiger partial charge in [0.05, 0.1) is 17.2 Å². The third kappa shape index (κ3) is 4.19. The predicted octanol–water partition coefficient (Wildman–Crippen LogP) is 3.41. The lowest BCUT2D eigenvalue weighted by Gasteiger charge is -2.22. The zero-order valence-electron chi connectivity index (χ0n) is 11.5. The second-order valence-electron chi connectivity index (χ2n) is 5.67. The number of likely N-dealkylation sites (tertiary alicyclic amines) is 1. The summed E-state index contributed by atoms with van der Waals surface area (Å²) in [6.45, 7) is 3.74. The Balaban J connectivity index is 2.01. The molecule has 0 bridgehead atoms. The topological polar surface area (TPSA) is 40.5 Å². The van der Waals surface area contributed by atoms with Crippen molar-refractivity contribution in [1.29, 1.82) is 0 Å². The van der Waals surface area contributed by atoms with Crippen LogP contribution in [0.5, 0.6) is 0 Å². The molecular formula is C15H19Cl2NO2. The molecule has 1 heterocycles. The van der Waals surface area contributed by atoms with Crippen molar-refractivity contribution in [1.82, 2.24) is 4.90 Å². The molecule has 1 aromatic carbocycles. The molecule has 1 aliphatic heterocycles. The molecular weight excluding hydrogens is 297 g/mol. The van der Waals surface area contributed by atoms with Crippen molar-refractivity contribution >= 4 is 29.0 Å². The van der Waals surface area contributed by atoms with Gasteiger partial charge in [-0.2, -0.15) is 0 Å². The van der Waals surface area contributed by atoms with E-state index in [2.05, 4.69) is 4.90 Å². The minimum Gasteiger partial charge on any atom is -0.390 e. The first-order chi connectivity index (χ1) is 9.37. The molecule has 110 valence electrons. The molecule has 0 saturated carbocycles. The molecule has 1 saturated heterocycles. The lowest BCUT2D eigenvalue weighted by Crippen LogP contribution is -2.32. The van der Waals surface area contributed by atoms with Crippen LogP contribution in [0.3, 0.4) is 0 Å². The van der Waals surface area contributed by atoms with Gasteiger partial charge in [0, 0.05) is 17.1 Å². The standard InChI is InChI=1S/C15H19Cl2NO2/c1-15(20)5-2-7-18(8-6-15)10-14(19)12-4-3-11(16)9-13(12)17/h3-4,9,20H,2,5-8,10H2,1H3. The highest BCUT2D eigenvalue weighted by atomic mass is 35.5. The first kappa shape index (κ1) is 15.8. The number of carbonyl (C=O) groups excluding carboxylic acids is 1. The van der Waals surface area contributed by atoms with Gasteiger partial charge in [-0.1, -0.05) is 23.2 Å². The number of hydrogen-bond acceptors (Lipinski definition) is 3. The summed E-state index contributed by atoms with van der Waals surface area (Å²) in [6.07, 6.45) is 2.36. The van der Waals surface area contributed by atoms with E-state index in [9.17, 15) is 9.90 Å². The lowest BCUT2D eigenvalue weighted by atomic mass is 9.98. The Hall–Kier alpha value is -0.610. The molecule has 2 rings (SSSR count). The maximum absolute atomic E-state index is 12.3. The van der Waals surface area contributed by atoms with Crippen LogP contribution in [-0.4, -0.2) is 41.0 Å². The third-order valence-corrected chi connectivity index (χ3v) is 4.30. The van der Waals surface area contributed by atoms with Crippen molar-refractivity contribution in [3.8, 4) is 0 Å². The highest BCUT2D eigenvalue weighted by Gasteiger charge is 2.26. The molecule has 1 aromatic rings. The fourth-order valence-electron chi connectivity index (χ4n) is 2.48. The number of carbonyl (C=O) groups is 1. The van der Waals surface area contributed by atoms with Crippen LogP contribution in [-0.2, 0) is 0 Å². The van der Waals surface area contributed by atoms with Crippen molar-refractivity contribution in [3.05, 3.63) is 33.8 Å². The maximum Gasteiger partial charge on any atom is 0.178 e. The van der Waals surface area contributed by atoms with Crippen LogP contribution >= 0.6 is 23.2 Å². The first-order valence-corrected chi connectivity index (χ1v) is 7.56. The van der Waals surface area contributed by atoms with Crippen LogP contribution in [0, 0.1) is 0 Å². The average Bonchev–Trinajstić information content (AvgIpc) is 2.51. The molecule has 1 unspecified atom stereocenters. The fraction of sp³-hybridized carbons (Fsp3) is 0.533. The highest BCUT2D eigenvalue weighted by molar-refractivity contribution is 6.36. The predicted molar refractivity (Wildman–Crippen MR) is 81.7 cm³/mol. The van der Waals surface area contributed by atoms with Crippen molar-refractivity contribution in [2.45, 2.75) is 31.8 Å². The van der Waals surface area contributed by atoms with Gasteiger partial charge in [-0.05, 0) is 50.9 Å². The van der Waals surface area contributed by atoms with Gasteiger partial charge in [0.25, 0.3) is 0 Å². The number of aliphatic hydroxyl groups is 1. The van der Waals surface area contributed by atoms with Gasteiger partial charge in [-0.3, -0.25) is 9.69 Å². The van der Waals surface area contributed by atoms with Crippen LogP contribution in [0.1, 0.15) is 36.5 Å². The van der Waals surface area contributed by atoms with Crippen LogP contribution in [0.25, 0.3) is 0 Å². The summed E-state index contributed by atoms with van der Waals surface area (Å²) < 4.78 is 0. The van der Waals surface area contributed by atoms with Gasteiger partial charge < -0.3 is 5.11 Å². The van der Waals surface area contributed by atoms with E-state index >= 15 is 0 Å². The lowest BCUT2D eigenvalue weighted by molar-refractivity contribution is 0.0444. The number of rotatable bonds is 3. The Morgan fingerprint density at radius 3 is 2.80 bits per heavy atom. The molecule has 0 spiro atoms. The van der Waals surface area contributed by atoms with Crippen molar-refractivity contribution in [3.63, 3.8) is 0 Å². The van der Waals surface area contributed by atoms with Crippen molar-refractivity contribution < 1.29 is 9.90 Å². The second kappa shape index (κ2) is 6.44. The van der Waals surface area contributed by atoms with Crippen molar-refractivity contribution in [2.75, 3.05) is 19.6 Å². The molecule has 1 aliphatic rings. The number of benzene rings is 1. The summed E-state index contributed by atoms with van der Waals surface area (Å²) in [4.78, 5) is 14.4. The zero-order chi connectivity index (χ0) is 14.8. The van der Waals surface area contributed by atoms with Gasteiger partial charge in [0.15, 0.2) is 5.78 Å². The van der Waals surface area contributed by atoms with E-state index in [4.69, 9.17) is 23.2 Å².